The van der Waals surface area contributed by atoms with Gasteiger partial charge in [0.15, 0.2) is 0 Å². The molecule has 2 rings (SSSR count). The lowest BCUT2D eigenvalue weighted by atomic mass is 10.1. The molecular formula is C12H21N3O. The van der Waals surface area contributed by atoms with Crippen LogP contribution >= 0.6 is 0 Å². The van der Waals surface area contributed by atoms with Gasteiger partial charge < -0.3 is 9.73 Å². The fourth-order valence-electron chi connectivity index (χ4n) is 2.32. The second-order valence-electron chi connectivity index (χ2n) is 4.50. The molecule has 90 valence electrons. The molecule has 1 saturated heterocycles. The second kappa shape index (κ2) is 5.46. The van der Waals surface area contributed by atoms with E-state index in [2.05, 4.69) is 22.1 Å². The third-order valence-electron chi connectivity index (χ3n) is 3.03. The third kappa shape index (κ3) is 3.06. The Hall–Kier alpha value is -0.870. The molecule has 0 aromatic carbocycles. The zero-order valence-corrected chi connectivity index (χ0v) is 10.2. The molecule has 0 bridgehead atoms. The maximum absolute atomic E-state index is 5.51. The summed E-state index contributed by atoms with van der Waals surface area (Å²) in [5, 5.41) is 3.51. The number of piperidine rings is 1. The van der Waals surface area contributed by atoms with Gasteiger partial charge in [0.1, 0.15) is 5.76 Å². The zero-order chi connectivity index (χ0) is 11.4. The Kier molecular flexibility index (Phi) is 3.96. The molecule has 1 aromatic rings. The molecule has 4 heteroatoms. The van der Waals surface area contributed by atoms with Crippen LogP contribution in [-0.4, -0.2) is 35.6 Å². The van der Waals surface area contributed by atoms with Crippen LogP contribution in [0.4, 0.5) is 0 Å². The molecule has 1 aliphatic heterocycles. The fraction of sp³-hybridized carbons (Fsp3) is 0.750. The van der Waals surface area contributed by atoms with Crippen LogP contribution in [0, 0.1) is 6.92 Å². The predicted molar refractivity (Wildman–Crippen MR) is 63.2 cm³/mol. The minimum Gasteiger partial charge on any atom is -0.445 e. The highest BCUT2D eigenvalue weighted by Gasteiger charge is 2.20. The Bertz CT molecular complexity index is 322. The van der Waals surface area contributed by atoms with Crippen LogP contribution in [0.15, 0.2) is 10.6 Å². The summed E-state index contributed by atoms with van der Waals surface area (Å²) in [4.78, 5) is 6.67. The van der Waals surface area contributed by atoms with Gasteiger partial charge in [-0.1, -0.05) is 6.92 Å². The Morgan fingerprint density at radius 2 is 2.50 bits per heavy atom. The zero-order valence-electron chi connectivity index (χ0n) is 10.2. The minimum absolute atomic E-state index is 0.634. The monoisotopic (exact) mass is 223 g/mol. The first-order chi connectivity index (χ1) is 7.78. The number of aromatic nitrogens is 1. The van der Waals surface area contributed by atoms with E-state index in [1.807, 2.05) is 6.92 Å². The predicted octanol–water partition coefficient (Wildman–Crippen LogP) is 1.56. The average Bonchev–Trinajstić information content (AvgIpc) is 2.65. The van der Waals surface area contributed by atoms with Crippen molar-refractivity contribution < 1.29 is 4.42 Å². The Morgan fingerprint density at radius 1 is 1.62 bits per heavy atom. The van der Waals surface area contributed by atoms with E-state index in [-0.39, 0.29) is 0 Å². The standard InChI is InChI=1S/C12H21N3O/c1-3-13-11-5-4-6-15(8-11)9-12-14-7-10(2)16-12/h7,11,13H,3-6,8-9H2,1-2H3. The lowest BCUT2D eigenvalue weighted by Gasteiger charge is -2.32. The van der Waals surface area contributed by atoms with Gasteiger partial charge in [0.2, 0.25) is 5.89 Å². The van der Waals surface area contributed by atoms with Crippen molar-refractivity contribution in [2.45, 2.75) is 39.3 Å². The summed E-state index contributed by atoms with van der Waals surface area (Å²) in [6.07, 6.45) is 4.34. The van der Waals surface area contributed by atoms with Gasteiger partial charge >= 0.3 is 0 Å². The van der Waals surface area contributed by atoms with Gasteiger partial charge in [0.25, 0.3) is 0 Å². The summed E-state index contributed by atoms with van der Waals surface area (Å²) in [6, 6.07) is 0.634. The lowest BCUT2D eigenvalue weighted by molar-refractivity contribution is 0.170. The van der Waals surface area contributed by atoms with Crippen LogP contribution < -0.4 is 5.32 Å². The Morgan fingerprint density at radius 3 is 3.19 bits per heavy atom. The molecule has 16 heavy (non-hydrogen) atoms. The molecule has 1 atom stereocenters. The number of nitrogens with zero attached hydrogens (tertiary/aromatic N) is 2. The van der Waals surface area contributed by atoms with Crippen molar-refractivity contribution in [3.8, 4) is 0 Å². The molecule has 4 nitrogen and oxygen atoms in total. The van der Waals surface area contributed by atoms with Crippen molar-refractivity contribution in [2.75, 3.05) is 19.6 Å². The summed E-state index contributed by atoms with van der Waals surface area (Å²) < 4.78 is 5.51. The topological polar surface area (TPSA) is 41.3 Å². The summed E-state index contributed by atoms with van der Waals surface area (Å²) in [5.41, 5.74) is 0. The van der Waals surface area contributed by atoms with Crippen molar-refractivity contribution in [1.82, 2.24) is 15.2 Å². The van der Waals surface area contributed by atoms with Crippen LogP contribution in [-0.2, 0) is 6.54 Å². The van der Waals surface area contributed by atoms with Crippen molar-refractivity contribution in [1.29, 1.82) is 0 Å². The van der Waals surface area contributed by atoms with Crippen LogP contribution in [0.25, 0.3) is 0 Å². The lowest BCUT2D eigenvalue weighted by Crippen LogP contribution is -2.45. The number of rotatable bonds is 4. The summed E-state index contributed by atoms with van der Waals surface area (Å²) in [7, 11) is 0. The molecule has 0 spiro atoms. The normalized spacial score (nSPS) is 22.5. The van der Waals surface area contributed by atoms with Crippen molar-refractivity contribution in [3.63, 3.8) is 0 Å². The number of nitrogens with one attached hydrogen (secondary N) is 1. The van der Waals surface area contributed by atoms with E-state index >= 15 is 0 Å². The smallest absolute Gasteiger partial charge is 0.208 e. The first-order valence-electron chi connectivity index (χ1n) is 6.15. The first-order valence-corrected chi connectivity index (χ1v) is 6.15. The molecular weight excluding hydrogens is 202 g/mol. The van der Waals surface area contributed by atoms with Gasteiger partial charge in [-0.2, -0.15) is 0 Å². The number of aryl methyl sites for hydroxylation is 1. The summed E-state index contributed by atoms with van der Waals surface area (Å²) >= 11 is 0. The van der Waals surface area contributed by atoms with Crippen LogP contribution in [0.1, 0.15) is 31.4 Å². The SMILES string of the molecule is CCNC1CCCN(Cc2ncc(C)o2)C1. The van der Waals surface area contributed by atoms with Crippen LogP contribution in [0.5, 0.6) is 0 Å². The number of hydrogen-bond acceptors (Lipinski definition) is 4. The number of likely N-dealkylation sites (N-methyl/N-ethyl adjacent to an activating group) is 1. The molecule has 1 aliphatic rings. The third-order valence-corrected chi connectivity index (χ3v) is 3.03. The van der Waals surface area contributed by atoms with Gasteiger partial charge in [0.05, 0.1) is 12.7 Å². The number of likely N-dealkylation sites (tertiary alicyclic amines) is 1. The number of oxazole rings is 1. The van der Waals surface area contributed by atoms with E-state index in [0.29, 0.717) is 6.04 Å². The Labute approximate surface area is 97.0 Å². The van der Waals surface area contributed by atoms with Crippen molar-refractivity contribution in [2.24, 2.45) is 0 Å². The molecule has 1 aromatic heterocycles. The summed E-state index contributed by atoms with van der Waals surface area (Å²) in [5.74, 6) is 1.74. The molecule has 1 fully saturated rings. The first kappa shape index (κ1) is 11.6. The van der Waals surface area contributed by atoms with Crippen LogP contribution in [0.2, 0.25) is 0 Å². The van der Waals surface area contributed by atoms with E-state index in [9.17, 15) is 0 Å². The van der Waals surface area contributed by atoms with Gasteiger partial charge in [-0.3, -0.25) is 4.90 Å². The van der Waals surface area contributed by atoms with E-state index in [4.69, 9.17) is 4.42 Å². The van der Waals surface area contributed by atoms with Gasteiger partial charge in [-0.05, 0) is 32.9 Å². The van der Waals surface area contributed by atoms with Crippen molar-refractivity contribution in [3.05, 3.63) is 17.8 Å². The van der Waals surface area contributed by atoms with Crippen molar-refractivity contribution >= 4 is 0 Å². The average molecular weight is 223 g/mol. The molecule has 0 saturated carbocycles. The molecule has 1 N–H and O–H groups in total. The maximum Gasteiger partial charge on any atom is 0.208 e. The maximum atomic E-state index is 5.51. The highest BCUT2D eigenvalue weighted by Crippen LogP contribution is 2.13. The van der Waals surface area contributed by atoms with E-state index in [0.717, 1.165) is 37.8 Å². The number of hydrogen-bond donors (Lipinski definition) is 1. The van der Waals surface area contributed by atoms with E-state index in [1.165, 1.54) is 12.8 Å². The van der Waals surface area contributed by atoms with Crippen LogP contribution in [0.3, 0.4) is 0 Å². The largest absolute Gasteiger partial charge is 0.445 e. The molecule has 0 radical (unpaired) electrons. The Balaban J connectivity index is 1.85. The van der Waals surface area contributed by atoms with E-state index in [1.54, 1.807) is 6.20 Å². The quantitative estimate of drug-likeness (QED) is 0.841. The molecule has 2 heterocycles. The molecule has 1 unspecified atom stereocenters. The fourth-order valence-corrected chi connectivity index (χ4v) is 2.32. The highest BCUT2D eigenvalue weighted by molar-refractivity contribution is 4.91. The van der Waals surface area contributed by atoms with Gasteiger partial charge in [0, 0.05) is 12.6 Å². The summed E-state index contributed by atoms with van der Waals surface area (Å²) in [6.45, 7) is 8.26. The van der Waals surface area contributed by atoms with E-state index < -0.39 is 0 Å². The highest BCUT2D eigenvalue weighted by atomic mass is 16.4. The second-order valence-corrected chi connectivity index (χ2v) is 4.50. The van der Waals surface area contributed by atoms with Gasteiger partial charge in [-0.25, -0.2) is 4.98 Å². The van der Waals surface area contributed by atoms with Gasteiger partial charge in [-0.15, -0.1) is 0 Å². The minimum atomic E-state index is 0.634. The molecule has 0 amide bonds. The molecule has 0 aliphatic carbocycles.